The number of benzene rings is 2. The number of piperidine rings is 2. The van der Waals surface area contributed by atoms with Crippen LogP contribution >= 0.6 is 0 Å². The van der Waals surface area contributed by atoms with E-state index in [-0.39, 0.29) is 47.3 Å². The number of anilines is 2. The van der Waals surface area contributed by atoms with Gasteiger partial charge in [-0.3, -0.25) is 48.7 Å². The minimum absolute atomic E-state index is 0.00206. The van der Waals surface area contributed by atoms with Gasteiger partial charge >= 0.3 is 6.18 Å². The van der Waals surface area contributed by atoms with Crippen molar-refractivity contribution in [3.8, 4) is 0 Å². The fourth-order valence-electron chi connectivity index (χ4n) is 8.40. The third-order valence-electron chi connectivity index (χ3n) is 12.0. The number of nitrogens with one attached hydrogen (secondary N) is 2. The van der Waals surface area contributed by atoms with Crippen LogP contribution in [0.3, 0.4) is 0 Å². The Morgan fingerprint density at radius 2 is 1.60 bits per heavy atom. The quantitative estimate of drug-likeness (QED) is 0.196. The summed E-state index contributed by atoms with van der Waals surface area (Å²) in [6, 6.07) is 5.00. The van der Waals surface area contributed by atoms with Crippen LogP contribution in [0.25, 0.3) is 4.85 Å². The number of nitrogens with zero attached hydrogens (tertiary/aromatic N) is 7. The molecule has 0 bridgehead atoms. The summed E-state index contributed by atoms with van der Waals surface area (Å²) >= 11 is 0. The highest BCUT2D eigenvalue weighted by atomic mass is 19.4. The normalized spacial score (nSPS) is 21.6. The maximum atomic E-state index is 15.3. The molecule has 14 nitrogen and oxygen atoms in total. The lowest BCUT2D eigenvalue weighted by atomic mass is 9.89. The molecular formula is C39H39F4N9O5. The van der Waals surface area contributed by atoms with E-state index < -0.39 is 64.4 Å². The highest BCUT2D eigenvalue weighted by molar-refractivity contribution is 6.23. The molecule has 0 aliphatic carbocycles. The van der Waals surface area contributed by atoms with Crippen LogP contribution in [0.4, 0.5) is 34.6 Å². The first-order valence-corrected chi connectivity index (χ1v) is 18.8. The van der Waals surface area contributed by atoms with Crippen LogP contribution in [-0.4, -0.2) is 111 Å². The first kappa shape index (κ1) is 38.2. The van der Waals surface area contributed by atoms with Gasteiger partial charge in [0.25, 0.3) is 17.7 Å². The maximum Gasteiger partial charge on any atom is 0.407 e. The summed E-state index contributed by atoms with van der Waals surface area (Å²) in [6.07, 6.45) is 0.614. The van der Waals surface area contributed by atoms with E-state index >= 15 is 4.39 Å². The van der Waals surface area contributed by atoms with Crippen LogP contribution < -0.4 is 15.5 Å². The third kappa shape index (κ3) is 6.82. The van der Waals surface area contributed by atoms with Gasteiger partial charge in [-0.25, -0.2) is 9.24 Å². The molecule has 0 saturated carbocycles. The van der Waals surface area contributed by atoms with Gasteiger partial charge in [-0.1, -0.05) is 6.07 Å². The molecule has 3 aromatic rings. The second-order valence-electron chi connectivity index (χ2n) is 15.8. The summed E-state index contributed by atoms with van der Waals surface area (Å²) in [6.45, 7) is 14.9. The van der Waals surface area contributed by atoms with Crippen molar-refractivity contribution < 1.29 is 41.5 Å². The molecule has 6 heterocycles. The summed E-state index contributed by atoms with van der Waals surface area (Å²) in [7, 11) is 0. The van der Waals surface area contributed by atoms with E-state index in [0.717, 1.165) is 67.7 Å². The van der Waals surface area contributed by atoms with E-state index in [1.165, 1.54) is 16.8 Å². The largest absolute Gasteiger partial charge is 0.407 e. The van der Waals surface area contributed by atoms with Gasteiger partial charge in [0.15, 0.2) is 5.69 Å². The third-order valence-corrected chi connectivity index (χ3v) is 12.0. The van der Waals surface area contributed by atoms with Gasteiger partial charge < -0.3 is 10.2 Å². The smallest absolute Gasteiger partial charge is 0.366 e. The molecule has 0 spiro atoms. The molecule has 57 heavy (non-hydrogen) atoms. The Labute approximate surface area is 324 Å². The molecule has 18 heteroatoms. The highest BCUT2D eigenvalue weighted by Gasteiger charge is 2.47. The number of aromatic nitrogens is 2. The Morgan fingerprint density at radius 3 is 2.25 bits per heavy atom. The van der Waals surface area contributed by atoms with E-state index in [4.69, 9.17) is 6.57 Å². The lowest BCUT2D eigenvalue weighted by Gasteiger charge is -2.55. The molecule has 8 rings (SSSR count). The SMILES string of the molecule is [C-]#[N+]c1ccc(NC(=O)C(C)(C)n2cc(C3CCN(C4CN(C5CN(c6cc7c(cc6F)C(=O)N(C6CCC(=O)NC6=O)C7=O)C5)C4)CC3)cn2)cc1C(F)(F)F. The summed E-state index contributed by atoms with van der Waals surface area (Å²) in [5, 5.41) is 9.16. The van der Waals surface area contributed by atoms with Crippen molar-refractivity contribution in [3.63, 3.8) is 0 Å². The molecule has 1 unspecified atom stereocenters. The Morgan fingerprint density at radius 1 is 0.930 bits per heavy atom. The number of amides is 5. The molecule has 5 aliphatic rings. The van der Waals surface area contributed by atoms with Crippen molar-refractivity contribution in [1.29, 1.82) is 0 Å². The van der Waals surface area contributed by atoms with Crippen molar-refractivity contribution in [2.24, 2.45) is 0 Å². The van der Waals surface area contributed by atoms with Crippen molar-refractivity contribution in [2.45, 2.75) is 75.3 Å². The Bertz CT molecular complexity index is 2230. The number of alkyl halides is 3. The van der Waals surface area contributed by atoms with Crippen molar-refractivity contribution in [3.05, 3.63) is 82.2 Å². The number of halogens is 4. The summed E-state index contributed by atoms with van der Waals surface area (Å²) in [4.78, 5) is 73.9. The number of fused-ring (bicyclic) bond motifs is 1. The Hall–Kier alpha value is -5.67. The van der Waals surface area contributed by atoms with E-state index in [1.54, 1.807) is 20.0 Å². The fraction of sp³-hybridized carbons (Fsp3) is 0.462. The summed E-state index contributed by atoms with van der Waals surface area (Å²) in [5.74, 6) is -3.56. The van der Waals surface area contributed by atoms with Crippen molar-refractivity contribution in [2.75, 3.05) is 49.5 Å². The zero-order valence-electron chi connectivity index (χ0n) is 31.1. The van der Waals surface area contributed by atoms with E-state index in [2.05, 4.69) is 30.4 Å². The molecule has 1 atom stereocenters. The van der Waals surface area contributed by atoms with Crippen LogP contribution in [-0.2, 0) is 26.1 Å². The molecule has 1 aromatic heterocycles. The molecule has 2 N–H and O–H groups in total. The minimum atomic E-state index is -4.74. The number of rotatable bonds is 8. The predicted octanol–water partition coefficient (Wildman–Crippen LogP) is 4.12. The lowest BCUT2D eigenvalue weighted by molar-refractivity contribution is -0.137. The monoisotopic (exact) mass is 789 g/mol. The average molecular weight is 790 g/mol. The van der Waals surface area contributed by atoms with Gasteiger partial charge in [0.2, 0.25) is 11.8 Å². The van der Waals surface area contributed by atoms with Crippen LogP contribution in [0.5, 0.6) is 0 Å². The molecule has 298 valence electrons. The molecule has 5 amide bonds. The van der Waals surface area contributed by atoms with Crippen molar-refractivity contribution in [1.82, 2.24) is 29.8 Å². The standard InChI is InChI=1S/C39H39F4N9O5/c1-38(2,37(57)46-23-4-5-30(44-3)28(12-23)39(41,42)43)51-16-22(15-45-51)21-8-10-48(11-9-21)24-17-49(18-24)25-19-50(20-25)32-14-27-26(13-29(32)40)35(55)52(36(27)56)31-6-7-33(53)47-34(31)54/h4-5,12-16,21,24-25,31H,6-11,17-20H2,1-2H3,(H,46,57)(H,47,53,54). The van der Waals surface area contributed by atoms with E-state index in [1.807, 2.05) is 11.1 Å². The number of carbonyl (C=O) groups is 5. The predicted molar refractivity (Wildman–Crippen MR) is 196 cm³/mol. The summed E-state index contributed by atoms with van der Waals surface area (Å²) < 4.78 is 57.2. The second kappa shape index (κ2) is 14.1. The highest BCUT2D eigenvalue weighted by Crippen LogP contribution is 2.39. The number of hydrogen-bond donors (Lipinski definition) is 2. The van der Waals surface area contributed by atoms with Gasteiger partial charge in [0.1, 0.15) is 17.4 Å². The second-order valence-corrected chi connectivity index (χ2v) is 15.8. The number of imide groups is 2. The van der Waals surface area contributed by atoms with Gasteiger partial charge in [-0.15, -0.1) is 0 Å². The maximum absolute atomic E-state index is 15.3. The van der Waals surface area contributed by atoms with Crippen LogP contribution in [0.15, 0.2) is 42.7 Å². The molecule has 0 radical (unpaired) electrons. The minimum Gasteiger partial charge on any atom is -0.366 e. The topological polar surface area (TPSA) is 145 Å². The van der Waals surface area contributed by atoms with Gasteiger partial charge in [0, 0.05) is 56.6 Å². The van der Waals surface area contributed by atoms with E-state index in [9.17, 15) is 37.1 Å². The van der Waals surface area contributed by atoms with E-state index in [0.29, 0.717) is 19.1 Å². The molecule has 5 aliphatic heterocycles. The first-order chi connectivity index (χ1) is 27.0. The fourth-order valence-corrected chi connectivity index (χ4v) is 8.40. The van der Waals surface area contributed by atoms with Gasteiger partial charge in [0.05, 0.1) is 35.1 Å². The molecular weight excluding hydrogens is 750 g/mol. The molecule has 4 fully saturated rings. The van der Waals surface area contributed by atoms with Crippen LogP contribution in [0, 0.1) is 12.4 Å². The van der Waals surface area contributed by atoms with Gasteiger partial charge in [-0.2, -0.15) is 18.3 Å². The number of carbonyl (C=O) groups excluding carboxylic acids is 5. The van der Waals surface area contributed by atoms with Gasteiger partial charge in [-0.05, 0) is 81.9 Å². The number of hydrogen-bond acceptors (Lipinski definition) is 9. The van der Waals surface area contributed by atoms with Crippen molar-refractivity contribution >= 4 is 46.6 Å². The first-order valence-electron chi connectivity index (χ1n) is 18.8. The zero-order valence-corrected chi connectivity index (χ0v) is 31.1. The molecule has 4 saturated heterocycles. The average Bonchev–Trinajstić information content (AvgIpc) is 3.72. The lowest BCUT2D eigenvalue weighted by Crippen LogP contribution is -2.70. The van der Waals surface area contributed by atoms with Crippen LogP contribution in [0.2, 0.25) is 0 Å². The Kier molecular flexibility index (Phi) is 9.43. The van der Waals surface area contributed by atoms with Crippen LogP contribution in [0.1, 0.15) is 77.3 Å². The molecule has 2 aromatic carbocycles. The summed E-state index contributed by atoms with van der Waals surface area (Å²) in [5.41, 5.74) is -1.77. The number of likely N-dealkylation sites (tertiary alicyclic amines) is 2. The zero-order chi connectivity index (χ0) is 40.6. The Balaban J connectivity index is 0.809.